The third kappa shape index (κ3) is 3.41. The number of anilines is 1. The van der Waals surface area contributed by atoms with Gasteiger partial charge in [-0.05, 0) is 43.5 Å². The molecule has 2 fully saturated rings. The van der Waals surface area contributed by atoms with Crippen LogP contribution in [0.2, 0.25) is 0 Å². The van der Waals surface area contributed by atoms with Crippen LogP contribution in [0.5, 0.6) is 0 Å². The molecule has 0 aromatic heterocycles. The number of likely N-dealkylation sites (tertiary alicyclic amines) is 1. The molecule has 2 aromatic carbocycles. The van der Waals surface area contributed by atoms with Crippen LogP contribution in [-0.2, 0) is 6.54 Å². The average molecular weight is 357 g/mol. The summed E-state index contributed by atoms with van der Waals surface area (Å²) < 4.78 is 19.4. The molecular weight excluding hydrogens is 333 g/mol. The van der Waals surface area contributed by atoms with E-state index < -0.39 is 0 Å². The van der Waals surface area contributed by atoms with E-state index in [1.54, 1.807) is 24.3 Å². The van der Waals surface area contributed by atoms with Crippen molar-refractivity contribution < 1.29 is 4.39 Å². The first kappa shape index (κ1) is 16.9. The highest BCUT2D eigenvalue weighted by molar-refractivity contribution is 7.99. The molecule has 132 valence electrons. The van der Waals surface area contributed by atoms with E-state index >= 15 is 0 Å². The molecule has 4 rings (SSSR count). The lowest BCUT2D eigenvalue weighted by Gasteiger charge is -2.47. The normalized spacial score (nSPS) is 27.1. The van der Waals surface area contributed by atoms with Gasteiger partial charge in [-0.1, -0.05) is 36.4 Å². The number of hydrogen-bond donors (Lipinski definition) is 1. The second kappa shape index (κ2) is 6.98. The maximum Gasteiger partial charge on any atom is 0.125 e. The third-order valence-electron chi connectivity index (χ3n) is 5.42. The second-order valence-corrected chi connectivity index (χ2v) is 8.01. The van der Waals surface area contributed by atoms with Crippen molar-refractivity contribution in [2.24, 2.45) is 0 Å². The number of nitrogens with zero attached hydrogens (tertiary/aromatic N) is 2. The van der Waals surface area contributed by atoms with Crippen molar-refractivity contribution in [3.8, 4) is 0 Å². The van der Waals surface area contributed by atoms with Gasteiger partial charge in [0, 0.05) is 37.8 Å². The van der Waals surface area contributed by atoms with E-state index in [1.165, 1.54) is 11.6 Å². The molecule has 3 nitrogen and oxygen atoms in total. The second-order valence-electron chi connectivity index (χ2n) is 7.17. The van der Waals surface area contributed by atoms with E-state index in [0.717, 1.165) is 38.2 Å². The molecule has 0 unspecified atom stereocenters. The zero-order chi connectivity index (χ0) is 17.3. The van der Waals surface area contributed by atoms with Gasteiger partial charge >= 0.3 is 0 Å². The van der Waals surface area contributed by atoms with Crippen LogP contribution in [0.1, 0.15) is 25.3 Å². The maximum absolute atomic E-state index is 13.7. The highest BCUT2D eigenvalue weighted by Gasteiger charge is 2.46. The Morgan fingerprint density at radius 2 is 2.04 bits per heavy atom. The van der Waals surface area contributed by atoms with Gasteiger partial charge in [-0.25, -0.2) is 9.11 Å². The number of benzene rings is 2. The van der Waals surface area contributed by atoms with Gasteiger partial charge in [0.15, 0.2) is 0 Å². The van der Waals surface area contributed by atoms with Crippen molar-refractivity contribution in [3.05, 3.63) is 66.0 Å². The van der Waals surface area contributed by atoms with Gasteiger partial charge in [-0.2, -0.15) is 0 Å². The Morgan fingerprint density at radius 3 is 2.80 bits per heavy atom. The smallest absolute Gasteiger partial charge is 0.125 e. The standard InChI is InChI=1S/C20H24FN3S/c1-16-13-20(10-11-23(16)14-17-6-3-2-4-7-17)15-22-25-24(20)19-9-5-8-18(21)12-19/h2-9,12,16,22H,10-11,13-15H2,1H3/t16-,20+/m0/s1. The van der Waals surface area contributed by atoms with Crippen molar-refractivity contribution in [2.45, 2.75) is 37.9 Å². The zero-order valence-corrected chi connectivity index (χ0v) is 15.3. The van der Waals surface area contributed by atoms with Gasteiger partial charge in [0.05, 0.1) is 11.2 Å². The zero-order valence-electron chi connectivity index (χ0n) is 14.5. The summed E-state index contributed by atoms with van der Waals surface area (Å²) in [7, 11) is 0. The molecule has 2 aromatic rings. The number of rotatable bonds is 3. The summed E-state index contributed by atoms with van der Waals surface area (Å²) in [5.74, 6) is -0.172. The van der Waals surface area contributed by atoms with Gasteiger partial charge in [-0.3, -0.25) is 9.21 Å². The third-order valence-corrected chi connectivity index (χ3v) is 6.48. The minimum absolute atomic E-state index is 0.0606. The first-order valence-electron chi connectivity index (χ1n) is 8.90. The van der Waals surface area contributed by atoms with Crippen LogP contribution >= 0.6 is 12.1 Å². The predicted octanol–water partition coefficient (Wildman–Crippen LogP) is 4.22. The summed E-state index contributed by atoms with van der Waals surface area (Å²) in [5.41, 5.74) is 2.38. The molecule has 2 aliphatic rings. The summed E-state index contributed by atoms with van der Waals surface area (Å²) in [5, 5.41) is 0. The van der Waals surface area contributed by atoms with Gasteiger partial charge in [0.2, 0.25) is 0 Å². The molecule has 1 spiro atoms. The van der Waals surface area contributed by atoms with E-state index in [9.17, 15) is 4.39 Å². The van der Waals surface area contributed by atoms with Crippen LogP contribution in [0, 0.1) is 5.82 Å². The lowest BCUT2D eigenvalue weighted by atomic mass is 9.83. The van der Waals surface area contributed by atoms with Gasteiger partial charge in [0.25, 0.3) is 0 Å². The van der Waals surface area contributed by atoms with Gasteiger partial charge in [-0.15, -0.1) is 0 Å². The van der Waals surface area contributed by atoms with Crippen molar-refractivity contribution in [1.29, 1.82) is 0 Å². The summed E-state index contributed by atoms with van der Waals surface area (Å²) in [4.78, 5) is 2.56. The molecule has 2 heterocycles. The van der Waals surface area contributed by atoms with Gasteiger partial charge in [0.1, 0.15) is 5.82 Å². The van der Waals surface area contributed by atoms with E-state index in [1.807, 2.05) is 6.07 Å². The Hall–Kier alpha value is -1.56. The predicted molar refractivity (Wildman–Crippen MR) is 103 cm³/mol. The summed E-state index contributed by atoms with van der Waals surface area (Å²) in [6.07, 6.45) is 2.16. The lowest BCUT2D eigenvalue weighted by Crippen LogP contribution is -2.56. The Labute approximate surface area is 153 Å². The molecule has 2 aliphatic heterocycles. The molecule has 1 N–H and O–H groups in total. The highest BCUT2D eigenvalue weighted by Crippen LogP contribution is 2.43. The number of nitrogens with one attached hydrogen (secondary N) is 1. The van der Waals surface area contributed by atoms with Gasteiger partial charge < -0.3 is 0 Å². The Bertz CT molecular complexity index is 726. The van der Waals surface area contributed by atoms with E-state index in [4.69, 9.17) is 0 Å². The summed E-state index contributed by atoms with van der Waals surface area (Å²) in [6, 6.07) is 18.1. The molecule has 0 bridgehead atoms. The van der Waals surface area contributed by atoms with Crippen LogP contribution in [0.25, 0.3) is 0 Å². The summed E-state index contributed by atoms with van der Waals surface area (Å²) >= 11 is 1.61. The van der Waals surface area contributed by atoms with E-state index in [-0.39, 0.29) is 11.4 Å². The minimum Gasteiger partial charge on any atom is -0.296 e. The summed E-state index contributed by atoms with van der Waals surface area (Å²) in [6.45, 7) is 5.32. The molecule has 0 radical (unpaired) electrons. The molecule has 2 saturated heterocycles. The Balaban J connectivity index is 1.50. The quantitative estimate of drug-likeness (QED) is 0.829. The SMILES string of the molecule is C[C@H]1C[C@]2(CCN1Cc1ccccc1)CNSN2c1cccc(F)c1. The van der Waals surface area contributed by atoms with Crippen LogP contribution in [0.15, 0.2) is 54.6 Å². The lowest BCUT2D eigenvalue weighted by molar-refractivity contribution is 0.106. The topological polar surface area (TPSA) is 18.5 Å². The minimum atomic E-state index is -0.172. The monoisotopic (exact) mass is 357 g/mol. The number of piperidine rings is 1. The van der Waals surface area contributed by atoms with Crippen molar-refractivity contribution in [1.82, 2.24) is 9.62 Å². The van der Waals surface area contributed by atoms with Crippen LogP contribution in [0.3, 0.4) is 0 Å². The van der Waals surface area contributed by atoms with E-state index in [2.05, 4.69) is 51.2 Å². The Kier molecular flexibility index (Phi) is 4.71. The molecule has 0 saturated carbocycles. The van der Waals surface area contributed by atoms with Crippen LogP contribution < -0.4 is 9.03 Å². The fourth-order valence-corrected chi connectivity index (χ4v) is 5.19. The van der Waals surface area contributed by atoms with Crippen LogP contribution in [0.4, 0.5) is 10.1 Å². The fraction of sp³-hybridized carbons (Fsp3) is 0.400. The largest absolute Gasteiger partial charge is 0.296 e. The molecule has 2 atom stereocenters. The first-order chi connectivity index (χ1) is 12.2. The number of halogens is 1. The van der Waals surface area contributed by atoms with Crippen molar-refractivity contribution in [2.75, 3.05) is 17.4 Å². The molecule has 5 heteroatoms. The molecule has 25 heavy (non-hydrogen) atoms. The molecular formula is C20H24FN3S. The number of hydrogen-bond acceptors (Lipinski definition) is 4. The van der Waals surface area contributed by atoms with Crippen molar-refractivity contribution >= 4 is 17.8 Å². The Morgan fingerprint density at radius 1 is 1.20 bits per heavy atom. The fourth-order valence-electron chi connectivity index (χ4n) is 4.08. The molecule has 0 amide bonds. The van der Waals surface area contributed by atoms with Crippen molar-refractivity contribution in [3.63, 3.8) is 0 Å². The van der Waals surface area contributed by atoms with E-state index in [0.29, 0.717) is 6.04 Å². The maximum atomic E-state index is 13.7. The average Bonchev–Trinajstić information content (AvgIpc) is 3.01. The first-order valence-corrected chi connectivity index (χ1v) is 9.67. The van der Waals surface area contributed by atoms with Crippen LogP contribution in [-0.4, -0.2) is 29.6 Å². The molecule has 0 aliphatic carbocycles. The highest BCUT2D eigenvalue weighted by atomic mass is 32.2.